The number of carbonyl (C=O) groups excluding carboxylic acids is 1. The number of nitrogens with zero attached hydrogens (tertiary/aromatic N) is 1. The van der Waals surface area contributed by atoms with Gasteiger partial charge in [-0.2, -0.15) is 0 Å². The lowest BCUT2D eigenvalue weighted by Crippen LogP contribution is -2.52. The normalized spacial score (nSPS) is 22.6. The molecule has 0 saturated carbocycles. The number of nitrogens with one attached hydrogen (secondary N) is 3. The van der Waals surface area contributed by atoms with Crippen LogP contribution >= 0.6 is 0 Å². The lowest BCUT2D eigenvalue weighted by Gasteiger charge is -2.30. The molecule has 3 N–H and O–H groups in total. The molecular weight excluding hydrogens is 252 g/mol. The largest absolute Gasteiger partial charge is 0.367 e. The maximum atomic E-state index is 12.4. The van der Waals surface area contributed by atoms with E-state index >= 15 is 0 Å². The summed E-state index contributed by atoms with van der Waals surface area (Å²) < 4.78 is 0. The average Bonchev–Trinajstić information content (AvgIpc) is 2.41. The van der Waals surface area contributed by atoms with E-state index in [-0.39, 0.29) is 18.0 Å². The molecule has 1 amide bonds. The number of amides is 1. The highest BCUT2D eigenvalue weighted by atomic mass is 16.1. The molecule has 1 fully saturated rings. The minimum absolute atomic E-state index is 0.0539. The Kier molecular flexibility index (Phi) is 4.95. The van der Waals surface area contributed by atoms with Crippen molar-refractivity contribution < 1.29 is 4.79 Å². The van der Waals surface area contributed by atoms with Crippen molar-refractivity contribution in [3.8, 4) is 0 Å². The molecule has 2 atom stereocenters. The molecular formula is C15H24N4O. The number of pyridine rings is 1. The summed E-state index contributed by atoms with van der Waals surface area (Å²) in [6.45, 7) is 7.20. The third kappa shape index (κ3) is 3.70. The van der Waals surface area contributed by atoms with Crippen LogP contribution in [0.4, 0.5) is 5.82 Å². The highest BCUT2D eigenvalue weighted by molar-refractivity contribution is 5.98. The standard InChI is InChI=1S/C15H24N4O/c1-10(2)18-14-12(6-4-9-17-14)15(20)19-13-7-5-8-16-11(13)3/h4,6,9-11,13,16H,5,7-8H2,1-3H3,(H,17,18)(H,19,20). The molecule has 0 aliphatic carbocycles. The van der Waals surface area contributed by atoms with Gasteiger partial charge in [-0.1, -0.05) is 0 Å². The van der Waals surface area contributed by atoms with Crippen molar-refractivity contribution in [2.75, 3.05) is 11.9 Å². The summed E-state index contributed by atoms with van der Waals surface area (Å²) in [5.41, 5.74) is 0.610. The summed E-state index contributed by atoms with van der Waals surface area (Å²) in [4.78, 5) is 16.7. The van der Waals surface area contributed by atoms with Gasteiger partial charge >= 0.3 is 0 Å². The molecule has 1 saturated heterocycles. The van der Waals surface area contributed by atoms with Crippen LogP contribution in [0, 0.1) is 0 Å². The Morgan fingerprint density at radius 2 is 2.30 bits per heavy atom. The molecule has 1 aromatic rings. The number of hydrogen-bond acceptors (Lipinski definition) is 4. The van der Waals surface area contributed by atoms with Gasteiger partial charge in [0.1, 0.15) is 5.82 Å². The van der Waals surface area contributed by atoms with Crippen LogP contribution in [0.25, 0.3) is 0 Å². The maximum absolute atomic E-state index is 12.4. The molecule has 20 heavy (non-hydrogen) atoms. The summed E-state index contributed by atoms with van der Waals surface area (Å²) in [6, 6.07) is 4.35. The van der Waals surface area contributed by atoms with Crippen molar-refractivity contribution >= 4 is 11.7 Å². The van der Waals surface area contributed by atoms with Crippen molar-refractivity contribution in [3.63, 3.8) is 0 Å². The number of carbonyl (C=O) groups is 1. The molecule has 2 unspecified atom stereocenters. The molecule has 0 bridgehead atoms. The third-order valence-corrected chi connectivity index (χ3v) is 3.56. The van der Waals surface area contributed by atoms with Crippen LogP contribution in [0.2, 0.25) is 0 Å². The van der Waals surface area contributed by atoms with Gasteiger partial charge in [0.15, 0.2) is 0 Å². The quantitative estimate of drug-likeness (QED) is 0.784. The molecule has 0 spiro atoms. The predicted molar refractivity (Wildman–Crippen MR) is 80.9 cm³/mol. The van der Waals surface area contributed by atoms with Gasteiger partial charge in [-0.05, 0) is 52.3 Å². The second kappa shape index (κ2) is 6.70. The number of anilines is 1. The first-order valence-electron chi connectivity index (χ1n) is 7.33. The van der Waals surface area contributed by atoms with Crippen molar-refractivity contribution in [2.45, 2.75) is 51.7 Å². The monoisotopic (exact) mass is 276 g/mol. The van der Waals surface area contributed by atoms with Crippen LogP contribution in [-0.2, 0) is 0 Å². The van der Waals surface area contributed by atoms with Crippen molar-refractivity contribution in [1.82, 2.24) is 15.6 Å². The average molecular weight is 276 g/mol. The minimum Gasteiger partial charge on any atom is -0.367 e. The number of piperidine rings is 1. The molecule has 2 heterocycles. The van der Waals surface area contributed by atoms with Crippen LogP contribution in [0.3, 0.4) is 0 Å². The summed E-state index contributed by atoms with van der Waals surface area (Å²) in [5.74, 6) is 0.596. The number of rotatable bonds is 4. The molecule has 0 aromatic carbocycles. The van der Waals surface area contributed by atoms with E-state index in [4.69, 9.17) is 0 Å². The van der Waals surface area contributed by atoms with E-state index in [0.29, 0.717) is 17.4 Å². The molecule has 1 aliphatic heterocycles. The highest BCUT2D eigenvalue weighted by Gasteiger charge is 2.24. The Bertz CT molecular complexity index is 461. The fraction of sp³-hybridized carbons (Fsp3) is 0.600. The Hall–Kier alpha value is -1.62. The summed E-state index contributed by atoms with van der Waals surface area (Å²) in [5, 5.41) is 9.72. The van der Waals surface area contributed by atoms with E-state index in [0.717, 1.165) is 19.4 Å². The van der Waals surface area contributed by atoms with E-state index in [9.17, 15) is 4.79 Å². The van der Waals surface area contributed by atoms with E-state index in [1.54, 1.807) is 12.3 Å². The van der Waals surface area contributed by atoms with Gasteiger partial charge < -0.3 is 16.0 Å². The van der Waals surface area contributed by atoms with E-state index in [2.05, 4.69) is 27.9 Å². The van der Waals surface area contributed by atoms with Gasteiger partial charge in [-0.15, -0.1) is 0 Å². The zero-order valence-electron chi connectivity index (χ0n) is 12.4. The molecule has 5 heteroatoms. The van der Waals surface area contributed by atoms with Gasteiger partial charge in [-0.25, -0.2) is 4.98 Å². The van der Waals surface area contributed by atoms with E-state index in [1.807, 2.05) is 19.9 Å². The van der Waals surface area contributed by atoms with Crippen LogP contribution < -0.4 is 16.0 Å². The molecule has 1 aromatic heterocycles. The SMILES string of the molecule is CC(C)Nc1ncccc1C(=O)NC1CCCNC1C. The minimum atomic E-state index is -0.0539. The van der Waals surface area contributed by atoms with Crippen molar-refractivity contribution in [2.24, 2.45) is 0 Å². The first kappa shape index (κ1) is 14.8. The number of aromatic nitrogens is 1. The smallest absolute Gasteiger partial charge is 0.255 e. The molecule has 5 nitrogen and oxygen atoms in total. The maximum Gasteiger partial charge on any atom is 0.255 e. The Morgan fingerprint density at radius 1 is 1.50 bits per heavy atom. The van der Waals surface area contributed by atoms with Gasteiger partial charge in [0.05, 0.1) is 5.56 Å². The highest BCUT2D eigenvalue weighted by Crippen LogP contribution is 2.15. The molecule has 0 radical (unpaired) electrons. The fourth-order valence-electron chi connectivity index (χ4n) is 2.46. The second-order valence-corrected chi connectivity index (χ2v) is 5.66. The van der Waals surface area contributed by atoms with Crippen molar-refractivity contribution in [1.29, 1.82) is 0 Å². The lowest BCUT2D eigenvalue weighted by atomic mass is 9.99. The number of hydrogen-bond donors (Lipinski definition) is 3. The topological polar surface area (TPSA) is 66.0 Å². The van der Waals surface area contributed by atoms with Gasteiger partial charge in [0.2, 0.25) is 0 Å². The fourth-order valence-corrected chi connectivity index (χ4v) is 2.46. The van der Waals surface area contributed by atoms with Gasteiger partial charge in [-0.3, -0.25) is 4.79 Å². The Morgan fingerprint density at radius 3 is 3.00 bits per heavy atom. The zero-order valence-corrected chi connectivity index (χ0v) is 12.4. The van der Waals surface area contributed by atoms with E-state index in [1.165, 1.54) is 0 Å². The summed E-state index contributed by atoms with van der Waals surface area (Å²) in [7, 11) is 0. The van der Waals surface area contributed by atoms with Crippen LogP contribution in [0.5, 0.6) is 0 Å². The predicted octanol–water partition coefficient (Wildman–Crippen LogP) is 1.77. The van der Waals surface area contributed by atoms with Crippen LogP contribution in [-0.4, -0.2) is 35.6 Å². The third-order valence-electron chi connectivity index (χ3n) is 3.56. The summed E-state index contributed by atoms with van der Waals surface area (Å²) >= 11 is 0. The molecule has 2 rings (SSSR count). The van der Waals surface area contributed by atoms with Gasteiger partial charge in [0.25, 0.3) is 5.91 Å². The van der Waals surface area contributed by atoms with Crippen molar-refractivity contribution in [3.05, 3.63) is 23.9 Å². The molecule has 110 valence electrons. The zero-order chi connectivity index (χ0) is 14.5. The first-order chi connectivity index (χ1) is 9.58. The van der Waals surface area contributed by atoms with E-state index < -0.39 is 0 Å². The summed E-state index contributed by atoms with van der Waals surface area (Å²) in [6.07, 6.45) is 3.82. The van der Waals surface area contributed by atoms with Gasteiger partial charge in [0, 0.05) is 24.3 Å². The Balaban J connectivity index is 2.08. The molecule has 1 aliphatic rings. The van der Waals surface area contributed by atoms with Crippen LogP contribution in [0.1, 0.15) is 44.0 Å². The Labute approximate surface area is 120 Å². The lowest BCUT2D eigenvalue weighted by molar-refractivity contribution is 0.0920. The first-order valence-corrected chi connectivity index (χ1v) is 7.33. The second-order valence-electron chi connectivity index (χ2n) is 5.66. The van der Waals surface area contributed by atoms with Crippen LogP contribution in [0.15, 0.2) is 18.3 Å².